The monoisotopic (exact) mass is 198 g/mol. The molecule has 0 amide bonds. The van der Waals surface area contributed by atoms with Gasteiger partial charge >= 0.3 is 115 Å². The molecule has 0 spiro atoms. The predicted octanol–water partition coefficient (Wildman–Crippen LogP) is 3.30. The molecule has 0 aromatic heterocycles. The van der Waals surface area contributed by atoms with Crippen molar-refractivity contribution >= 4 is 35.4 Å². The summed E-state index contributed by atoms with van der Waals surface area (Å²) in [5.41, 5.74) is 0. The third-order valence-electron chi connectivity index (χ3n) is 2.78. The fourth-order valence-corrected chi connectivity index (χ4v) is 1.72. The molecule has 0 fully saturated rings. The molecule has 0 aliphatic carbocycles. The van der Waals surface area contributed by atoms with Crippen LogP contribution in [0.4, 0.5) is 0 Å². The zero-order valence-electron chi connectivity index (χ0n) is 10.9. The summed E-state index contributed by atoms with van der Waals surface area (Å²) >= 11 is 4.51. The van der Waals surface area contributed by atoms with Crippen LogP contribution in [0.1, 0.15) is 51.4 Å². The minimum absolute atomic E-state index is 0.984. The Hall–Kier alpha value is 1.15. The van der Waals surface area contributed by atoms with Crippen molar-refractivity contribution in [1.82, 2.24) is 0 Å². The molecule has 0 saturated carbocycles. The van der Waals surface area contributed by atoms with Gasteiger partial charge in [0.1, 0.15) is 0 Å². The Morgan fingerprint density at radius 3 is 1.33 bits per heavy atom. The van der Waals surface area contributed by atoms with Gasteiger partial charge in [0.15, 0.2) is 0 Å². The standard InChI is InChI=1S/C12H24O.2Li/c1-3-5-7-9-11-13-12-10-8-6-4-2;;/h1-12H2;;. The van der Waals surface area contributed by atoms with Crippen molar-refractivity contribution in [3.05, 3.63) is 0 Å². The maximum absolute atomic E-state index is 5.59. The van der Waals surface area contributed by atoms with E-state index in [1.807, 2.05) is 0 Å². The summed E-state index contributed by atoms with van der Waals surface area (Å²) in [7, 11) is 0. The van der Waals surface area contributed by atoms with Crippen LogP contribution in [0.5, 0.6) is 0 Å². The Kier molecular flexibility index (Phi) is 16.3. The van der Waals surface area contributed by atoms with Crippen molar-refractivity contribution in [2.24, 2.45) is 0 Å². The second-order valence-electron chi connectivity index (χ2n) is 4.44. The van der Waals surface area contributed by atoms with Gasteiger partial charge in [-0.1, -0.05) is 0 Å². The molecule has 0 aliphatic heterocycles. The average molecular weight is 198 g/mol. The van der Waals surface area contributed by atoms with E-state index in [1.54, 1.807) is 0 Å². The fraction of sp³-hybridized carbons (Fsp3) is 1.00. The third-order valence-corrected chi connectivity index (χ3v) is 2.78. The van der Waals surface area contributed by atoms with Crippen LogP contribution in [0.15, 0.2) is 0 Å². The molecule has 0 N–H and O–H groups in total. The van der Waals surface area contributed by atoms with Gasteiger partial charge in [-0.3, -0.25) is 0 Å². The summed E-state index contributed by atoms with van der Waals surface area (Å²) in [5, 5.41) is 2.66. The zero-order chi connectivity index (χ0) is 11.2. The van der Waals surface area contributed by atoms with Gasteiger partial charge in [-0.25, -0.2) is 0 Å². The Morgan fingerprint density at radius 2 is 0.933 bits per heavy atom. The first-order valence-corrected chi connectivity index (χ1v) is 6.99. The van der Waals surface area contributed by atoms with Crippen LogP contribution in [0.2, 0.25) is 10.2 Å². The average Bonchev–Trinajstić information content (AvgIpc) is 2.26. The van der Waals surface area contributed by atoms with Crippen molar-refractivity contribution in [3.8, 4) is 0 Å². The predicted molar refractivity (Wildman–Crippen MR) is 68.9 cm³/mol. The van der Waals surface area contributed by atoms with E-state index in [9.17, 15) is 0 Å². The SMILES string of the molecule is [Li][CH2]CCCCCOCCCCC[CH2][Li]. The van der Waals surface area contributed by atoms with E-state index in [2.05, 4.69) is 35.4 Å². The molecule has 1 nitrogen and oxygen atoms in total. The van der Waals surface area contributed by atoms with Gasteiger partial charge in [0, 0.05) is 0 Å². The number of unbranched alkanes of at least 4 members (excludes halogenated alkanes) is 6. The van der Waals surface area contributed by atoms with Crippen LogP contribution in [0.3, 0.4) is 0 Å². The van der Waals surface area contributed by atoms with E-state index in [-0.39, 0.29) is 0 Å². The molecule has 0 saturated heterocycles. The van der Waals surface area contributed by atoms with Crippen LogP contribution in [0.25, 0.3) is 0 Å². The first-order chi connectivity index (χ1) is 7.41. The molecule has 0 aromatic rings. The molecule has 0 aromatic carbocycles. The van der Waals surface area contributed by atoms with Gasteiger partial charge < -0.3 is 0 Å². The maximum atomic E-state index is 5.59. The first-order valence-electron chi connectivity index (χ1n) is 6.99. The molecule has 0 heterocycles. The normalized spacial score (nSPS) is 10.9. The molecule has 0 radical (unpaired) electrons. The Bertz CT molecular complexity index is 97.8. The van der Waals surface area contributed by atoms with Crippen molar-refractivity contribution in [3.63, 3.8) is 0 Å². The zero-order valence-corrected chi connectivity index (χ0v) is 10.9. The van der Waals surface area contributed by atoms with Crippen LogP contribution in [-0.2, 0) is 4.74 Å². The van der Waals surface area contributed by atoms with Crippen LogP contribution < -0.4 is 0 Å². The molecular formula is C12H24Li2O. The van der Waals surface area contributed by atoms with Crippen molar-refractivity contribution in [1.29, 1.82) is 0 Å². The van der Waals surface area contributed by atoms with Gasteiger partial charge in [-0.15, -0.1) is 0 Å². The summed E-state index contributed by atoms with van der Waals surface area (Å²) < 4.78 is 5.59. The summed E-state index contributed by atoms with van der Waals surface area (Å²) in [4.78, 5) is 0. The van der Waals surface area contributed by atoms with Crippen molar-refractivity contribution < 1.29 is 4.74 Å². The van der Waals surface area contributed by atoms with E-state index in [4.69, 9.17) is 4.74 Å². The van der Waals surface area contributed by atoms with Crippen LogP contribution >= 0.6 is 0 Å². The third kappa shape index (κ3) is 15.2. The summed E-state index contributed by atoms with van der Waals surface area (Å²) in [6, 6.07) is 0. The molecule has 0 aliphatic rings. The molecule has 0 unspecified atom stereocenters. The Labute approximate surface area is 115 Å². The number of hydrogen-bond acceptors (Lipinski definition) is 1. The molecule has 80 valence electrons. The molecule has 0 atom stereocenters. The fourth-order valence-electron chi connectivity index (χ4n) is 1.72. The summed E-state index contributed by atoms with van der Waals surface area (Å²) in [6.07, 6.45) is 10.8. The Morgan fingerprint density at radius 1 is 0.533 bits per heavy atom. The first kappa shape index (κ1) is 16.2. The molecule has 0 rings (SSSR count). The number of hydrogen-bond donors (Lipinski definition) is 0. The Balaban J connectivity index is 2.81. The number of rotatable bonds is 12. The molecular weight excluding hydrogens is 174 g/mol. The van der Waals surface area contributed by atoms with Gasteiger partial charge in [-0.2, -0.15) is 0 Å². The van der Waals surface area contributed by atoms with E-state index in [0.717, 1.165) is 13.2 Å². The van der Waals surface area contributed by atoms with Gasteiger partial charge in [0.05, 0.1) is 0 Å². The molecule has 3 heteroatoms. The quantitative estimate of drug-likeness (QED) is 0.345. The van der Waals surface area contributed by atoms with Gasteiger partial charge in [0.2, 0.25) is 0 Å². The van der Waals surface area contributed by atoms with Crippen LogP contribution in [0, 0.1) is 0 Å². The second-order valence-corrected chi connectivity index (χ2v) is 4.44. The van der Waals surface area contributed by atoms with Crippen LogP contribution in [-0.4, -0.2) is 48.6 Å². The topological polar surface area (TPSA) is 9.23 Å². The van der Waals surface area contributed by atoms with Crippen molar-refractivity contribution in [2.45, 2.75) is 61.6 Å². The second kappa shape index (κ2) is 15.2. The summed E-state index contributed by atoms with van der Waals surface area (Å²) in [5.74, 6) is 0. The van der Waals surface area contributed by atoms with Gasteiger partial charge in [0.25, 0.3) is 0 Å². The van der Waals surface area contributed by atoms with E-state index in [1.165, 1.54) is 61.6 Å². The molecule has 0 bridgehead atoms. The summed E-state index contributed by atoms with van der Waals surface area (Å²) in [6.45, 7) is 1.97. The molecule has 15 heavy (non-hydrogen) atoms. The van der Waals surface area contributed by atoms with E-state index >= 15 is 0 Å². The van der Waals surface area contributed by atoms with E-state index < -0.39 is 0 Å². The number of ether oxygens (including phenoxy) is 1. The van der Waals surface area contributed by atoms with Gasteiger partial charge in [-0.05, 0) is 0 Å². The van der Waals surface area contributed by atoms with E-state index in [0.29, 0.717) is 0 Å². The van der Waals surface area contributed by atoms with Crippen molar-refractivity contribution in [2.75, 3.05) is 13.2 Å². The minimum atomic E-state index is 0.984.